The number of rotatable bonds is 4. The van der Waals surface area contributed by atoms with Gasteiger partial charge in [-0.25, -0.2) is 0 Å². The highest BCUT2D eigenvalue weighted by molar-refractivity contribution is 5.80. The van der Waals surface area contributed by atoms with Gasteiger partial charge >= 0.3 is 0 Å². The number of amides is 1. The second-order valence-corrected chi connectivity index (χ2v) is 5.37. The lowest BCUT2D eigenvalue weighted by Crippen LogP contribution is -2.40. The molecule has 1 aromatic carbocycles. The number of nitrogens with zero attached hydrogens (tertiary/aromatic N) is 1. The van der Waals surface area contributed by atoms with Gasteiger partial charge in [0.2, 0.25) is 5.91 Å². The molecule has 104 valence electrons. The van der Waals surface area contributed by atoms with Crippen LogP contribution in [0, 0.1) is 0 Å². The van der Waals surface area contributed by atoms with Crippen molar-refractivity contribution in [2.45, 2.75) is 44.6 Å². The number of carbonyl (C=O) groups excluding carboxylic acids is 1. The molecular formula is C16H24N2O. The molecule has 0 saturated heterocycles. The van der Waals surface area contributed by atoms with Gasteiger partial charge in [0.1, 0.15) is 0 Å². The molecule has 3 nitrogen and oxygen atoms in total. The fourth-order valence-electron chi connectivity index (χ4n) is 2.71. The second kappa shape index (κ2) is 7.17. The molecule has 1 amide bonds. The van der Waals surface area contributed by atoms with Crippen LogP contribution in [-0.2, 0) is 4.79 Å². The molecule has 1 fully saturated rings. The topological polar surface area (TPSA) is 32.3 Å². The quantitative estimate of drug-likeness (QED) is 0.843. The SMILES string of the molecule is CN(C(=O)CNc1ccccc1)C1CCCCCC1. The zero-order valence-electron chi connectivity index (χ0n) is 11.8. The summed E-state index contributed by atoms with van der Waals surface area (Å²) < 4.78 is 0. The van der Waals surface area contributed by atoms with E-state index in [4.69, 9.17) is 0 Å². The lowest BCUT2D eigenvalue weighted by Gasteiger charge is -2.27. The first kappa shape index (κ1) is 13.9. The maximum atomic E-state index is 12.2. The van der Waals surface area contributed by atoms with Gasteiger partial charge in [-0.2, -0.15) is 0 Å². The third kappa shape index (κ3) is 4.27. The van der Waals surface area contributed by atoms with Crippen molar-refractivity contribution in [1.82, 2.24) is 4.90 Å². The molecular weight excluding hydrogens is 236 g/mol. The molecule has 0 spiro atoms. The highest BCUT2D eigenvalue weighted by Gasteiger charge is 2.20. The summed E-state index contributed by atoms with van der Waals surface area (Å²) in [5, 5.41) is 3.19. The Bertz CT molecular complexity index is 383. The first-order valence-corrected chi connectivity index (χ1v) is 7.32. The minimum Gasteiger partial charge on any atom is -0.376 e. The van der Waals surface area contributed by atoms with Gasteiger partial charge in [0.05, 0.1) is 6.54 Å². The van der Waals surface area contributed by atoms with Crippen LogP contribution in [0.25, 0.3) is 0 Å². The van der Waals surface area contributed by atoms with Gasteiger partial charge in [-0.05, 0) is 25.0 Å². The Labute approximate surface area is 116 Å². The van der Waals surface area contributed by atoms with E-state index in [2.05, 4.69) is 5.32 Å². The van der Waals surface area contributed by atoms with Crippen LogP contribution in [0.5, 0.6) is 0 Å². The molecule has 0 heterocycles. The summed E-state index contributed by atoms with van der Waals surface area (Å²) in [4.78, 5) is 14.1. The van der Waals surface area contributed by atoms with Crippen molar-refractivity contribution in [3.63, 3.8) is 0 Å². The van der Waals surface area contributed by atoms with E-state index in [1.165, 1.54) is 25.7 Å². The Hall–Kier alpha value is -1.51. The van der Waals surface area contributed by atoms with Crippen molar-refractivity contribution in [3.05, 3.63) is 30.3 Å². The van der Waals surface area contributed by atoms with Gasteiger partial charge in [-0.3, -0.25) is 4.79 Å². The van der Waals surface area contributed by atoms with Crippen LogP contribution in [0.2, 0.25) is 0 Å². The third-order valence-corrected chi connectivity index (χ3v) is 3.98. The number of benzene rings is 1. The van der Waals surface area contributed by atoms with Gasteiger partial charge in [0, 0.05) is 18.8 Å². The van der Waals surface area contributed by atoms with E-state index in [-0.39, 0.29) is 5.91 Å². The fourth-order valence-corrected chi connectivity index (χ4v) is 2.71. The number of nitrogens with one attached hydrogen (secondary N) is 1. The lowest BCUT2D eigenvalue weighted by atomic mass is 10.1. The minimum absolute atomic E-state index is 0.191. The Morgan fingerprint density at radius 2 is 1.79 bits per heavy atom. The molecule has 0 aromatic heterocycles. The molecule has 3 heteroatoms. The fraction of sp³-hybridized carbons (Fsp3) is 0.562. The summed E-state index contributed by atoms with van der Waals surface area (Å²) >= 11 is 0. The third-order valence-electron chi connectivity index (χ3n) is 3.98. The molecule has 1 aliphatic carbocycles. The van der Waals surface area contributed by atoms with Crippen molar-refractivity contribution in [1.29, 1.82) is 0 Å². The summed E-state index contributed by atoms with van der Waals surface area (Å²) in [6, 6.07) is 10.3. The zero-order chi connectivity index (χ0) is 13.5. The Kier molecular flexibility index (Phi) is 5.25. The molecule has 19 heavy (non-hydrogen) atoms. The predicted molar refractivity (Wildman–Crippen MR) is 79.2 cm³/mol. The van der Waals surface area contributed by atoms with Crippen LogP contribution in [0.15, 0.2) is 30.3 Å². The van der Waals surface area contributed by atoms with Crippen molar-refractivity contribution >= 4 is 11.6 Å². The number of para-hydroxylation sites is 1. The van der Waals surface area contributed by atoms with E-state index in [9.17, 15) is 4.79 Å². The van der Waals surface area contributed by atoms with Crippen LogP contribution in [0.3, 0.4) is 0 Å². The average molecular weight is 260 g/mol. The van der Waals surface area contributed by atoms with Crippen molar-refractivity contribution in [2.24, 2.45) is 0 Å². The summed E-state index contributed by atoms with van der Waals surface area (Å²) in [5.74, 6) is 0.191. The molecule has 0 bridgehead atoms. The summed E-state index contributed by atoms with van der Waals surface area (Å²) in [7, 11) is 1.95. The van der Waals surface area contributed by atoms with Crippen LogP contribution in [0.1, 0.15) is 38.5 Å². The molecule has 0 aliphatic heterocycles. The number of anilines is 1. The van der Waals surface area contributed by atoms with Crippen molar-refractivity contribution in [3.8, 4) is 0 Å². The van der Waals surface area contributed by atoms with E-state index >= 15 is 0 Å². The Morgan fingerprint density at radius 3 is 2.42 bits per heavy atom. The van der Waals surface area contributed by atoms with Gasteiger partial charge < -0.3 is 10.2 Å². The molecule has 1 aliphatic rings. The van der Waals surface area contributed by atoms with Gasteiger partial charge in [-0.15, -0.1) is 0 Å². The van der Waals surface area contributed by atoms with Crippen LogP contribution in [-0.4, -0.2) is 30.4 Å². The Balaban J connectivity index is 1.81. The molecule has 0 atom stereocenters. The maximum absolute atomic E-state index is 12.2. The average Bonchev–Trinajstić information content (AvgIpc) is 2.74. The van der Waals surface area contributed by atoms with Crippen LogP contribution >= 0.6 is 0 Å². The molecule has 1 saturated carbocycles. The highest BCUT2D eigenvalue weighted by Crippen LogP contribution is 2.21. The van der Waals surface area contributed by atoms with E-state index < -0.39 is 0 Å². The minimum atomic E-state index is 0.191. The molecule has 0 unspecified atom stereocenters. The molecule has 1 N–H and O–H groups in total. The summed E-state index contributed by atoms with van der Waals surface area (Å²) in [5.41, 5.74) is 1.00. The second-order valence-electron chi connectivity index (χ2n) is 5.37. The van der Waals surface area contributed by atoms with Crippen LogP contribution in [0.4, 0.5) is 5.69 Å². The molecule has 0 radical (unpaired) electrons. The normalized spacial score (nSPS) is 16.7. The first-order chi connectivity index (χ1) is 9.27. The monoisotopic (exact) mass is 260 g/mol. The predicted octanol–water partition coefficient (Wildman–Crippen LogP) is 3.28. The smallest absolute Gasteiger partial charge is 0.241 e. The summed E-state index contributed by atoms with van der Waals surface area (Å²) in [6.45, 7) is 0.386. The largest absolute Gasteiger partial charge is 0.376 e. The lowest BCUT2D eigenvalue weighted by molar-refractivity contribution is -0.130. The number of carbonyl (C=O) groups is 1. The van der Waals surface area contributed by atoms with Crippen LogP contribution < -0.4 is 5.32 Å². The van der Waals surface area contributed by atoms with Gasteiger partial charge in [0.15, 0.2) is 0 Å². The van der Waals surface area contributed by atoms with Gasteiger partial charge in [0.25, 0.3) is 0 Å². The van der Waals surface area contributed by atoms with Crippen molar-refractivity contribution < 1.29 is 4.79 Å². The molecule has 1 aromatic rings. The first-order valence-electron chi connectivity index (χ1n) is 7.32. The Morgan fingerprint density at radius 1 is 1.16 bits per heavy atom. The van der Waals surface area contributed by atoms with E-state index in [1.54, 1.807) is 0 Å². The highest BCUT2D eigenvalue weighted by atomic mass is 16.2. The van der Waals surface area contributed by atoms with E-state index in [1.807, 2.05) is 42.3 Å². The van der Waals surface area contributed by atoms with Crippen molar-refractivity contribution in [2.75, 3.05) is 18.9 Å². The van der Waals surface area contributed by atoms with Gasteiger partial charge in [-0.1, -0.05) is 43.9 Å². The maximum Gasteiger partial charge on any atom is 0.241 e. The number of likely N-dealkylation sites (N-methyl/N-ethyl adjacent to an activating group) is 1. The summed E-state index contributed by atoms with van der Waals surface area (Å²) in [6.07, 6.45) is 7.48. The van der Waals surface area contributed by atoms with E-state index in [0.29, 0.717) is 12.6 Å². The molecule has 2 rings (SSSR count). The van der Waals surface area contributed by atoms with E-state index in [0.717, 1.165) is 18.5 Å². The number of hydrogen-bond donors (Lipinski definition) is 1. The zero-order valence-corrected chi connectivity index (χ0v) is 11.8. The standard InChI is InChI=1S/C16H24N2O/c1-18(15-11-7-2-3-8-12-15)16(19)13-17-14-9-5-4-6-10-14/h4-6,9-10,15,17H,2-3,7-8,11-13H2,1H3. The number of hydrogen-bond acceptors (Lipinski definition) is 2.